The number of hydrogen-bond donors (Lipinski definition) is 0. The Kier molecular flexibility index (Phi) is 1.75. The Balaban J connectivity index is 2.98. The summed E-state index contributed by atoms with van der Waals surface area (Å²) in [6, 6.07) is 0. The van der Waals surface area contributed by atoms with Crippen LogP contribution >= 0.6 is 0 Å². The molecule has 54 valence electrons. The third kappa shape index (κ3) is 0.919. The molecule has 1 heteroatoms. The molecule has 1 nitrogen and oxygen atoms in total. The SMILES string of the molecule is C/C=C1\CC(C)=C(C)C1=O. The van der Waals surface area contributed by atoms with Crippen molar-refractivity contribution in [1.29, 1.82) is 0 Å². The molecule has 0 unspecified atom stereocenters. The maximum atomic E-state index is 11.2. The molecule has 0 atom stereocenters. The second kappa shape index (κ2) is 2.41. The van der Waals surface area contributed by atoms with Crippen LogP contribution in [0.5, 0.6) is 0 Å². The topological polar surface area (TPSA) is 17.1 Å². The lowest BCUT2D eigenvalue weighted by Gasteiger charge is -1.89. The van der Waals surface area contributed by atoms with E-state index in [1.807, 2.05) is 26.8 Å². The molecule has 0 N–H and O–H groups in total. The normalized spacial score (nSPS) is 23.1. The highest BCUT2D eigenvalue weighted by atomic mass is 16.1. The highest BCUT2D eigenvalue weighted by Crippen LogP contribution is 2.26. The van der Waals surface area contributed by atoms with Crippen LogP contribution in [0.1, 0.15) is 27.2 Å². The predicted molar refractivity (Wildman–Crippen MR) is 41.8 cm³/mol. The first-order valence-corrected chi connectivity index (χ1v) is 3.53. The van der Waals surface area contributed by atoms with Crippen molar-refractivity contribution in [2.75, 3.05) is 0 Å². The lowest BCUT2D eigenvalue weighted by Crippen LogP contribution is -1.94. The number of allylic oxidation sites excluding steroid dienone is 4. The minimum absolute atomic E-state index is 0.236. The molecule has 1 aliphatic rings. The van der Waals surface area contributed by atoms with E-state index in [0.29, 0.717) is 0 Å². The van der Waals surface area contributed by atoms with Crippen molar-refractivity contribution >= 4 is 5.78 Å². The fourth-order valence-corrected chi connectivity index (χ4v) is 1.17. The third-order valence-electron chi connectivity index (χ3n) is 2.08. The Bertz CT molecular complexity index is 231. The van der Waals surface area contributed by atoms with Crippen LogP contribution in [0, 0.1) is 0 Å². The van der Waals surface area contributed by atoms with Gasteiger partial charge in [-0.2, -0.15) is 0 Å². The van der Waals surface area contributed by atoms with Crippen molar-refractivity contribution in [3.05, 3.63) is 22.8 Å². The molecule has 0 aliphatic heterocycles. The lowest BCUT2D eigenvalue weighted by atomic mass is 10.1. The second-order valence-corrected chi connectivity index (χ2v) is 2.73. The molecule has 0 fully saturated rings. The monoisotopic (exact) mass is 136 g/mol. The van der Waals surface area contributed by atoms with Gasteiger partial charge in [-0.25, -0.2) is 0 Å². The Hall–Kier alpha value is -0.850. The first-order chi connectivity index (χ1) is 4.66. The van der Waals surface area contributed by atoms with Gasteiger partial charge in [0, 0.05) is 0 Å². The molecule has 1 rings (SSSR count). The van der Waals surface area contributed by atoms with Crippen LogP contribution in [0.2, 0.25) is 0 Å². The first-order valence-electron chi connectivity index (χ1n) is 3.53. The van der Waals surface area contributed by atoms with E-state index in [2.05, 4.69) is 0 Å². The van der Waals surface area contributed by atoms with Crippen molar-refractivity contribution in [2.24, 2.45) is 0 Å². The summed E-state index contributed by atoms with van der Waals surface area (Å²) in [5, 5.41) is 0. The first kappa shape index (κ1) is 7.26. The predicted octanol–water partition coefficient (Wildman–Crippen LogP) is 2.24. The van der Waals surface area contributed by atoms with Crippen molar-refractivity contribution in [3.8, 4) is 0 Å². The smallest absolute Gasteiger partial charge is 0.184 e. The molecule has 0 aromatic rings. The Morgan fingerprint density at radius 1 is 1.40 bits per heavy atom. The van der Waals surface area contributed by atoms with Gasteiger partial charge in [0.25, 0.3) is 0 Å². The molecule has 0 aromatic carbocycles. The second-order valence-electron chi connectivity index (χ2n) is 2.73. The molecule has 0 amide bonds. The van der Waals surface area contributed by atoms with Crippen molar-refractivity contribution in [3.63, 3.8) is 0 Å². The van der Waals surface area contributed by atoms with Gasteiger partial charge in [-0.05, 0) is 38.3 Å². The molecule has 0 aromatic heterocycles. The van der Waals surface area contributed by atoms with E-state index in [0.717, 1.165) is 17.6 Å². The van der Waals surface area contributed by atoms with E-state index in [1.165, 1.54) is 5.57 Å². The van der Waals surface area contributed by atoms with Gasteiger partial charge in [-0.3, -0.25) is 4.79 Å². The quantitative estimate of drug-likeness (QED) is 0.467. The van der Waals surface area contributed by atoms with E-state index in [4.69, 9.17) is 0 Å². The molecule has 0 radical (unpaired) electrons. The van der Waals surface area contributed by atoms with Crippen LogP contribution in [-0.4, -0.2) is 5.78 Å². The average Bonchev–Trinajstić information content (AvgIpc) is 2.17. The van der Waals surface area contributed by atoms with Gasteiger partial charge >= 0.3 is 0 Å². The van der Waals surface area contributed by atoms with Gasteiger partial charge in [0.2, 0.25) is 0 Å². The van der Waals surface area contributed by atoms with Gasteiger partial charge in [0.1, 0.15) is 0 Å². The van der Waals surface area contributed by atoms with Gasteiger partial charge in [0.05, 0.1) is 0 Å². The van der Waals surface area contributed by atoms with Crippen molar-refractivity contribution in [1.82, 2.24) is 0 Å². The maximum Gasteiger partial charge on any atom is 0.184 e. The Morgan fingerprint density at radius 2 is 2.00 bits per heavy atom. The molecule has 0 spiro atoms. The van der Waals surface area contributed by atoms with Crippen molar-refractivity contribution < 1.29 is 4.79 Å². The molecular formula is C9H12O. The van der Waals surface area contributed by atoms with Crippen molar-refractivity contribution in [2.45, 2.75) is 27.2 Å². The number of hydrogen-bond acceptors (Lipinski definition) is 1. The summed E-state index contributed by atoms with van der Waals surface area (Å²) < 4.78 is 0. The van der Waals surface area contributed by atoms with E-state index in [1.54, 1.807) is 0 Å². The molecule has 0 saturated heterocycles. The van der Waals surface area contributed by atoms with Crippen LogP contribution in [0.3, 0.4) is 0 Å². The van der Waals surface area contributed by atoms with Crippen LogP contribution < -0.4 is 0 Å². The van der Waals surface area contributed by atoms with Crippen LogP contribution in [0.25, 0.3) is 0 Å². The number of carbonyl (C=O) groups is 1. The summed E-state index contributed by atoms with van der Waals surface area (Å²) in [7, 11) is 0. The van der Waals surface area contributed by atoms with E-state index in [9.17, 15) is 4.79 Å². The number of carbonyl (C=O) groups excluding carboxylic acids is 1. The summed E-state index contributed by atoms with van der Waals surface area (Å²) in [4.78, 5) is 11.2. The molecular weight excluding hydrogens is 124 g/mol. The maximum absolute atomic E-state index is 11.2. The van der Waals surface area contributed by atoms with Gasteiger partial charge in [-0.15, -0.1) is 0 Å². The molecule has 0 heterocycles. The van der Waals surface area contributed by atoms with Gasteiger partial charge in [0.15, 0.2) is 5.78 Å². The third-order valence-corrected chi connectivity index (χ3v) is 2.08. The molecule has 1 aliphatic carbocycles. The van der Waals surface area contributed by atoms with Crippen LogP contribution in [0.15, 0.2) is 22.8 Å². The summed E-state index contributed by atoms with van der Waals surface area (Å²) in [5.41, 5.74) is 3.11. The summed E-state index contributed by atoms with van der Waals surface area (Å²) in [5.74, 6) is 0.236. The zero-order valence-corrected chi connectivity index (χ0v) is 6.69. The van der Waals surface area contributed by atoms with E-state index >= 15 is 0 Å². The van der Waals surface area contributed by atoms with Gasteiger partial charge in [-0.1, -0.05) is 11.6 Å². The highest BCUT2D eigenvalue weighted by Gasteiger charge is 2.20. The summed E-state index contributed by atoms with van der Waals surface area (Å²) in [6.45, 7) is 5.83. The standard InChI is InChI=1S/C9H12O/c1-4-8-5-6(2)7(3)9(8)10/h4H,5H2,1-3H3/b8-4+. The molecule has 10 heavy (non-hydrogen) atoms. The fraction of sp³-hybridized carbons (Fsp3) is 0.444. The summed E-state index contributed by atoms with van der Waals surface area (Å²) in [6.07, 6.45) is 2.77. The Morgan fingerprint density at radius 3 is 2.20 bits per heavy atom. The highest BCUT2D eigenvalue weighted by molar-refractivity contribution is 6.11. The zero-order chi connectivity index (χ0) is 7.72. The van der Waals surface area contributed by atoms with Crippen LogP contribution in [-0.2, 0) is 4.79 Å². The summed E-state index contributed by atoms with van der Waals surface area (Å²) >= 11 is 0. The minimum atomic E-state index is 0.236. The average molecular weight is 136 g/mol. The number of Topliss-reactive ketones (excluding diaryl/α,β-unsaturated/α-hetero) is 1. The van der Waals surface area contributed by atoms with E-state index < -0.39 is 0 Å². The lowest BCUT2D eigenvalue weighted by molar-refractivity contribution is -0.111. The zero-order valence-electron chi connectivity index (χ0n) is 6.69. The largest absolute Gasteiger partial charge is 0.289 e. The minimum Gasteiger partial charge on any atom is -0.289 e. The van der Waals surface area contributed by atoms with Gasteiger partial charge < -0.3 is 0 Å². The van der Waals surface area contributed by atoms with Crippen LogP contribution in [0.4, 0.5) is 0 Å². The Labute approximate surface area is 61.4 Å². The number of ketones is 1. The molecule has 0 saturated carbocycles. The number of rotatable bonds is 0. The fourth-order valence-electron chi connectivity index (χ4n) is 1.17. The van der Waals surface area contributed by atoms with E-state index in [-0.39, 0.29) is 5.78 Å². The molecule has 0 bridgehead atoms.